The van der Waals surface area contributed by atoms with Crippen molar-refractivity contribution in [3.05, 3.63) is 41.7 Å². The number of hydrogen-bond acceptors (Lipinski definition) is 6. The van der Waals surface area contributed by atoms with E-state index in [-0.39, 0.29) is 23.6 Å². The maximum atomic E-state index is 12.4. The van der Waals surface area contributed by atoms with Crippen LogP contribution in [0.5, 0.6) is 0 Å². The zero-order chi connectivity index (χ0) is 20.1. The van der Waals surface area contributed by atoms with Gasteiger partial charge >= 0.3 is 0 Å². The fourth-order valence-electron chi connectivity index (χ4n) is 3.46. The molecule has 0 N–H and O–H groups in total. The van der Waals surface area contributed by atoms with Gasteiger partial charge in [-0.15, -0.1) is 10.2 Å². The highest BCUT2D eigenvalue weighted by molar-refractivity contribution is 7.99. The maximum Gasteiger partial charge on any atom is 0.239 e. The van der Waals surface area contributed by atoms with Crippen LogP contribution >= 0.6 is 11.8 Å². The minimum atomic E-state index is -0.150. The van der Waals surface area contributed by atoms with Crippen molar-refractivity contribution in [1.29, 1.82) is 0 Å². The topological polar surface area (TPSA) is 71.3 Å². The molecule has 0 aliphatic carbocycles. The molecule has 7 nitrogen and oxygen atoms in total. The summed E-state index contributed by atoms with van der Waals surface area (Å²) in [5.41, 5.74) is 1.15. The summed E-state index contributed by atoms with van der Waals surface area (Å²) in [4.78, 5) is 27.7. The van der Waals surface area contributed by atoms with Crippen molar-refractivity contribution in [2.45, 2.75) is 43.9 Å². The number of imide groups is 1. The Bertz CT molecular complexity index is 821. The molecule has 3 rings (SSSR count). The standard InChI is InChI=1S/C20H27N5O2S/c1-4-16(23(2)3)19-21-22-20(25(19)13-15-9-6-5-7-10-15)28-14-18(27)24-12-8-11-17(24)26/h5-7,9-10,16H,4,8,11-14H2,1-3H3. The summed E-state index contributed by atoms with van der Waals surface area (Å²) in [7, 11) is 4.07. The van der Waals surface area contributed by atoms with E-state index >= 15 is 0 Å². The fourth-order valence-corrected chi connectivity index (χ4v) is 4.28. The van der Waals surface area contributed by atoms with E-state index in [9.17, 15) is 9.59 Å². The molecule has 0 spiro atoms. The molecule has 1 aliphatic heterocycles. The Morgan fingerprint density at radius 1 is 1.25 bits per heavy atom. The van der Waals surface area contributed by atoms with Gasteiger partial charge in [-0.25, -0.2) is 0 Å². The Hall–Kier alpha value is -2.19. The highest BCUT2D eigenvalue weighted by atomic mass is 32.2. The molecule has 1 fully saturated rings. The summed E-state index contributed by atoms with van der Waals surface area (Å²) < 4.78 is 2.09. The van der Waals surface area contributed by atoms with Crippen LogP contribution in [0.4, 0.5) is 0 Å². The summed E-state index contributed by atoms with van der Waals surface area (Å²) in [6.07, 6.45) is 2.13. The molecule has 2 heterocycles. The lowest BCUT2D eigenvalue weighted by Crippen LogP contribution is -2.33. The molecular weight excluding hydrogens is 374 g/mol. The molecule has 1 aliphatic rings. The van der Waals surface area contributed by atoms with Crippen molar-refractivity contribution in [3.8, 4) is 0 Å². The van der Waals surface area contributed by atoms with Gasteiger partial charge in [-0.1, -0.05) is 49.0 Å². The Balaban J connectivity index is 1.82. The lowest BCUT2D eigenvalue weighted by Gasteiger charge is -2.23. The number of aromatic nitrogens is 3. The number of likely N-dealkylation sites (tertiary alicyclic amines) is 1. The van der Waals surface area contributed by atoms with Gasteiger partial charge in [0.25, 0.3) is 0 Å². The van der Waals surface area contributed by atoms with Crippen LogP contribution in [0.25, 0.3) is 0 Å². The third-order valence-corrected chi connectivity index (χ3v) is 5.89. The molecule has 0 bridgehead atoms. The first-order valence-corrected chi connectivity index (χ1v) is 10.6. The van der Waals surface area contributed by atoms with Crippen LogP contribution in [0, 0.1) is 0 Å². The normalized spacial score (nSPS) is 15.4. The van der Waals surface area contributed by atoms with Gasteiger partial charge < -0.3 is 4.57 Å². The quantitative estimate of drug-likeness (QED) is 0.633. The van der Waals surface area contributed by atoms with Crippen molar-refractivity contribution in [3.63, 3.8) is 0 Å². The van der Waals surface area contributed by atoms with E-state index in [1.807, 2.05) is 32.3 Å². The first kappa shape index (κ1) is 20.5. The van der Waals surface area contributed by atoms with E-state index < -0.39 is 0 Å². The van der Waals surface area contributed by atoms with Crippen molar-refractivity contribution in [1.82, 2.24) is 24.6 Å². The molecule has 1 unspecified atom stereocenters. The Morgan fingerprint density at radius 3 is 2.61 bits per heavy atom. The molecule has 2 aromatic rings. The number of nitrogens with zero attached hydrogens (tertiary/aromatic N) is 5. The van der Waals surface area contributed by atoms with Gasteiger partial charge in [0.2, 0.25) is 11.8 Å². The predicted octanol–water partition coefficient (Wildman–Crippen LogP) is 2.58. The third-order valence-electron chi connectivity index (χ3n) is 4.94. The maximum absolute atomic E-state index is 12.4. The van der Waals surface area contributed by atoms with Crippen molar-refractivity contribution < 1.29 is 9.59 Å². The van der Waals surface area contributed by atoms with Crippen molar-refractivity contribution in [2.75, 3.05) is 26.4 Å². The van der Waals surface area contributed by atoms with Crippen LogP contribution < -0.4 is 0 Å². The Kier molecular flexibility index (Phi) is 6.85. The lowest BCUT2D eigenvalue weighted by molar-refractivity contribution is -0.140. The van der Waals surface area contributed by atoms with Crippen molar-refractivity contribution >= 4 is 23.6 Å². The number of thioether (sulfide) groups is 1. The van der Waals surface area contributed by atoms with Gasteiger partial charge in [0, 0.05) is 13.0 Å². The molecule has 2 amide bonds. The SMILES string of the molecule is CCC(c1nnc(SCC(=O)N2CCCC2=O)n1Cc1ccccc1)N(C)C. The predicted molar refractivity (Wildman–Crippen MR) is 109 cm³/mol. The smallest absolute Gasteiger partial charge is 0.239 e. The molecule has 28 heavy (non-hydrogen) atoms. The average molecular weight is 402 g/mol. The first-order valence-electron chi connectivity index (χ1n) is 9.60. The van der Waals surface area contributed by atoms with Gasteiger partial charge in [-0.2, -0.15) is 0 Å². The average Bonchev–Trinajstić information content (AvgIpc) is 3.28. The number of benzene rings is 1. The summed E-state index contributed by atoms with van der Waals surface area (Å²) in [5, 5.41) is 9.54. The van der Waals surface area contributed by atoms with Crippen molar-refractivity contribution in [2.24, 2.45) is 0 Å². The van der Waals surface area contributed by atoms with E-state index in [1.165, 1.54) is 16.7 Å². The summed E-state index contributed by atoms with van der Waals surface area (Å²) in [6.45, 7) is 3.30. The molecule has 0 saturated carbocycles. The van der Waals surface area contributed by atoms with Gasteiger partial charge in [-0.3, -0.25) is 19.4 Å². The summed E-state index contributed by atoms with van der Waals surface area (Å²) in [6, 6.07) is 10.3. The van der Waals surface area contributed by atoms with E-state index in [2.05, 4.69) is 38.7 Å². The first-order chi connectivity index (χ1) is 13.5. The second-order valence-corrected chi connectivity index (χ2v) is 8.07. The molecule has 1 aromatic carbocycles. The largest absolute Gasteiger partial charge is 0.300 e. The summed E-state index contributed by atoms with van der Waals surface area (Å²) in [5.74, 6) is 0.861. The molecule has 1 saturated heterocycles. The van der Waals surface area contributed by atoms with Gasteiger partial charge in [0.15, 0.2) is 11.0 Å². The van der Waals surface area contributed by atoms with Gasteiger partial charge in [0.05, 0.1) is 18.3 Å². The summed E-state index contributed by atoms with van der Waals surface area (Å²) >= 11 is 1.35. The minimum Gasteiger partial charge on any atom is -0.300 e. The minimum absolute atomic E-state index is 0.0734. The lowest BCUT2D eigenvalue weighted by atomic mass is 10.2. The van der Waals surface area contributed by atoms with E-state index in [4.69, 9.17) is 0 Å². The van der Waals surface area contributed by atoms with Gasteiger partial charge in [0.1, 0.15) is 0 Å². The van der Waals surface area contributed by atoms with Crippen LogP contribution in [0.15, 0.2) is 35.5 Å². The second-order valence-electron chi connectivity index (χ2n) is 7.13. The second kappa shape index (κ2) is 9.34. The van der Waals surface area contributed by atoms with E-state index in [1.54, 1.807) is 0 Å². The van der Waals surface area contributed by atoms with Crippen LogP contribution in [-0.2, 0) is 16.1 Å². The monoisotopic (exact) mass is 401 g/mol. The Morgan fingerprint density at radius 2 is 2.00 bits per heavy atom. The number of carbonyl (C=O) groups is 2. The van der Waals surface area contributed by atoms with E-state index in [0.29, 0.717) is 24.7 Å². The Labute approximate surface area is 170 Å². The van der Waals surface area contributed by atoms with Gasteiger partial charge in [-0.05, 0) is 32.5 Å². The number of amides is 2. The molecular formula is C20H27N5O2S. The number of rotatable bonds is 8. The van der Waals surface area contributed by atoms with Crippen LogP contribution in [0.3, 0.4) is 0 Å². The van der Waals surface area contributed by atoms with Crippen LogP contribution in [0.2, 0.25) is 0 Å². The number of hydrogen-bond donors (Lipinski definition) is 0. The molecule has 1 atom stereocenters. The molecule has 0 radical (unpaired) electrons. The molecule has 8 heteroatoms. The van der Waals surface area contributed by atoms with Crippen LogP contribution in [0.1, 0.15) is 43.6 Å². The molecule has 150 valence electrons. The van der Waals surface area contributed by atoms with E-state index in [0.717, 1.165) is 24.2 Å². The zero-order valence-electron chi connectivity index (χ0n) is 16.7. The number of carbonyl (C=O) groups excluding carboxylic acids is 2. The fraction of sp³-hybridized carbons (Fsp3) is 0.500. The molecule has 1 aromatic heterocycles. The highest BCUT2D eigenvalue weighted by Gasteiger charge is 2.27. The van der Waals surface area contributed by atoms with Crippen LogP contribution in [-0.4, -0.2) is 62.8 Å². The zero-order valence-corrected chi connectivity index (χ0v) is 17.5. The highest BCUT2D eigenvalue weighted by Crippen LogP contribution is 2.26. The third kappa shape index (κ3) is 4.62.